The van der Waals surface area contributed by atoms with Gasteiger partial charge in [0, 0.05) is 6.04 Å². The number of aliphatic hydroxyl groups is 1. The predicted molar refractivity (Wildman–Crippen MR) is 79.0 cm³/mol. The number of hydrogen-bond donors (Lipinski definition) is 2. The van der Waals surface area contributed by atoms with Crippen molar-refractivity contribution in [2.45, 2.75) is 77.4 Å². The molecule has 2 unspecified atom stereocenters. The van der Waals surface area contributed by atoms with Crippen molar-refractivity contribution in [3.8, 4) is 0 Å². The van der Waals surface area contributed by atoms with Crippen molar-refractivity contribution >= 4 is 0 Å². The maximum Gasteiger partial charge on any atom is 0.0512 e. The van der Waals surface area contributed by atoms with E-state index in [0.29, 0.717) is 11.5 Å². The molecule has 0 aromatic heterocycles. The molecule has 0 heterocycles. The summed E-state index contributed by atoms with van der Waals surface area (Å²) >= 11 is 0. The minimum Gasteiger partial charge on any atom is -0.393 e. The SMILES string of the molecule is CC(O)CCCNC(C)C12CC3CC(CC(C3)C1)C2. The number of nitrogens with one attached hydrogen (secondary N) is 1. The lowest BCUT2D eigenvalue weighted by atomic mass is 9.48. The van der Waals surface area contributed by atoms with E-state index < -0.39 is 0 Å². The minimum atomic E-state index is -0.142. The first kappa shape index (κ1) is 13.9. The van der Waals surface area contributed by atoms with Gasteiger partial charge in [-0.15, -0.1) is 0 Å². The number of aliphatic hydroxyl groups excluding tert-OH is 1. The summed E-state index contributed by atoms with van der Waals surface area (Å²) in [7, 11) is 0. The van der Waals surface area contributed by atoms with Crippen LogP contribution in [-0.4, -0.2) is 23.8 Å². The van der Waals surface area contributed by atoms with E-state index in [-0.39, 0.29) is 6.10 Å². The first-order valence-electron chi connectivity index (χ1n) is 8.49. The molecule has 110 valence electrons. The van der Waals surface area contributed by atoms with Crippen molar-refractivity contribution < 1.29 is 5.11 Å². The minimum absolute atomic E-state index is 0.142. The van der Waals surface area contributed by atoms with Gasteiger partial charge in [-0.25, -0.2) is 0 Å². The van der Waals surface area contributed by atoms with Crippen molar-refractivity contribution in [2.75, 3.05) is 6.54 Å². The van der Waals surface area contributed by atoms with Crippen molar-refractivity contribution in [1.29, 1.82) is 0 Å². The van der Waals surface area contributed by atoms with E-state index in [4.69, 9.17) is 0 Å². The molecule has 2 heteroatoms. The lowest BCUT2D eigenvalue weighted by molar-refractivity contribution is -0.0703. The summed E-state index contributed by atoms with van der Waals surface area (Å²) in [6, 6.07) is 0.676. The molecule has 19 heavy (non-hydrogen) atoms. The largest absolute Gasteiger partial charge is 0.393 e. The van der Waals surface area contributed by atoms with Gasteiger partial charge in [0.15, 0.2) is 0 Å². The summed E-state index contributed by atoms with van der Waals surface area (Å²) in [6.45, 7) is 5.39. The Balaban J connectivity index is 1.53. The highest BCUT2D eigenvalue weighted by Crippen LogP contribution is 2.61. The van der Waals surface area contributed by atoms with E-state index in [0.717, 1.165) is 37.1 Å². The zero-order valence-corrected chi connectivity index (χ0v) is 12.7. The van der Waals surface area contributed by atoms with E-state index in [9.17, 15) is 5.11 Å². The summed E-state index contributed by atoms with van der Waals surface area (Å²) in [4.78, 5) is 0. The summed E-state index contributed by atoms with van der Waals surface area (Å²) in [5, 5.41) is 13.1. The second-order valence-corrected chi connectivity index (χ2v) is 7.95. The van der Waals surface area contributed by atoms with Crippen molar-refractivity contribution in [3.63, 3.8) is 0 Å². The molecular weight excluding hydrogens is 234 g/mol. The van der Waals surface area contributed by atoms with Crippen LogP contribution in [0.3, 0.4) is 0 Å². The first-order chi connectivity index (χ1) is 9.07. The van der Waals surface area contributed by atoms with Crippen LogP contribution in [0.1, 0.15) is 65.2 Å². The maximum atomic E-state index is 9.32. The molecule has 4 rings (SSSR count). The standard InChI is InChI=1S/C17H31NO/c1-12(19)4-3-5-18-13(2)17-9-14-6-15(10-17)8-16(7-14)11-17/h12-16,18-19H,3-11H2,1-2H3. The first-order valence-corrected chi connectivity index (χ1v) is 8.49. The van der Waals surface area contributed by atoms with E-state index in [1.807, 2.05) is 6.92 Å². The number of rotatable bonds is 6. The van der Waals surface area contributed by atoms with Crippen LogP contribution in [0, 0.1) is 23.2 Å². The van der Waals surface area contributed by atoms with Gasteiger partial charge in [-0.1, -0.05) is 0 Å². The normalized spacial score (nSPS) is 43.4. The van der Waals surface area contributed by atoms with Crippen LogP contribution in [0.15, 0.2) is 0 Å². The third-order valence-corrected chi connectivity index (χ3v) is 6.25. The molecule has 0 aromatic rings. The summed E-state index contributed by atoms with van der Waals surface area (Å²) < 4.78 is 0. The van der Waals surface area contributed by atoms with Gasteiger partial charge in [-0.3, -0.25) is 0 Å². The van der Waals surface area contributed by atoms with Crippen molar-refractivity contribution in [2.24, 2.45) is 23.2 Å². The molecule has 4 saturated carbocycles. The van der Waals surface area contributed by atoms with Crippen molar-refractivity contribution in [1.82, 2.24) is 5.32 Å². The average Bonchev–Trinajstić information content (AvgIpc) is 2.32. The Bertz CT molecular complexity index is 277. The summed E-state index contributed by atoms with van der Waals surface area (Å²) in [5.41, 5.74) is 0.625. The van der Waals surface area contributed by atoms with E-state index in [1.165, 1.54) is 38.5 Å². The Morgan fingerprint density at radius 3 is 2.05 bits per heavy atom. The molecule has 4 aliphatic carbocycles. The fraction of sp³-hybridized carbons (Fsp3) is 1.00. The topological polar surface area (TPSA) is 32.3 Å². The third-order valence-electron chi connectivity index (χ3n) is 6.25. The smallest absolute Gasteiger partial charge is 0.0512 e. The molecular formula is C17H31NO. The van der Waals surface area contributed by atoms with Crippen molar-refractivity contribution in [3.05, 3.63) is 0 Å². The lowest BCUT2D eigenvalue weighted by Crippen LogP contribution is -2.55. The van der Waals surface area contributed by atoms with Gasteiger partial charge < -0.3 is 10.4 Å². The van der Waals surface area contributed by atoms with E-state index >= 15 is 0 Å². The second-order valence-electron chi connectivity index (χ2n) is 7.95. The van der Waals surface area contributed by atoms with Crippen LogP contribution in [0.2, 0.25) is 0 Å². The molecule has 4 aliphatic rings. The molecule has 0 aliphatic heterocycles. The fourth-order valence-electron chi connectivity index (χ4n) is 5.64. The number of hydrogen-bond acceptors (Lipinski definition) is 2. The van der Waals surface area contributed by atoms with Gasteiger partial charge in [0.2, 0.25) is 0 Å². The van der Waals surface area contributed by atoms with Crippen LogP contribution in [0.4, 0.5) is 0 Å². The summed E-state index contributed by atoms with van der Waals surface area (Å²) in [6.07, 6.45) is 11.0. The fourth-order valence-corrected chi connectivity index (χ4v) is 5.64. The quantitative estimate of drug-likeness (QED) is 0.722. The van der Waals surface area contributed by atoms with Gasteiger partial charge in [-0.2, -0.15) is 0 Å². The summed E-state index contributed by atoms with van der Waals surface area (Å²) in [5.74, 6) is 3.15. The molecule has 0 spiro atoms. The van der Waals surface area contributed by atoms with Gasteiger partial charge in [0.1, 0.15) is 0 Å². The zero-order chi connectivity index (χ0) is 13.5. The molecule has 0 saturated heterocycles. The molecule has 0 amide bonds. The Labute approximate surface area is 118 Å². The van der Waals surface area contributed by atoms with Crippen LogP contribution < -0.4 is 5.32 Å². The highest BCUT2D eigenvalue weighted by atomic mass is 16.3. The molecule has 2 N–H and O–H groups in total. The van der Waals surface area contributed by atoms with Crippen LogP contribution in [0.25, 0.3) is 0 Å². The third kappa shape index (κ3) is 2.85. The maximum absolute atomic E-state index is 9.32. The highest BCUT2D eigenvalue weighted by molar-refractivity contribution is 5.05. The monoisotopic (exact) mass is 265 g/mol. The van der Waals surface area contributed by atoms with Crippen LogP contribution in [0.5, 0.6) is 0 Å². The molecule has 4 fully saturated rings. The van der Waals surface area contributed by atoms with Gasteiger partial charge in [0.25, 0.3) is 0 Å². The average molecular weight is 265 g/mol. The lowest BCUT2D eigenvalue weighted by Gasteiger charge is -2.59. The zero-order valence-electron chi connectivity index (χ0n) is 12.7. The molecule has 0 aromatic carbocycles. The molecule has 2 nitrogen and oxygen atoms in total. The molecule has 0 radical (unpaired) electrons. The van der Waals surface area contributed by atoms with E-state index in [1.54, 1.807) is 0 Å². The Kier molecular flexibility index (Phi) is 3.92. The Morgan fingerprint density at radius 2 is 1.58 bits per heavy atom. The van der Waals surface area contributed by atoms with Gasteiger partial charge in [0.05, 0.1) is 6.10 Å². The van der Waals surface area contributed by atoms with Gasteiger partial charge in [-0.05, 0) is 94.9 Å². The van der Waals surface area contributed by atoms with E-state index in [2.05, 4.69) is 12.2 Å². The predicted octanol–water partition coefficient (Wildman–Crippen LogP) is 3.34. The molecule has 4 bridgehead atoms. The van der Waals surface area contributed by atoms with Crippen LogP contribution >= 0.6 is 0 Å². The Morgan fingerprint density at radius 1 is 1.05 bits per heavy atom. The highest BCUT2D eigenvalue weighted by Gasteiger charge is 2.52. The molecule has 2 atom stereocenters. The Hall–Kier alpha value is -0.0800. The van der Waals surface area contributed by atoms with Crippen LogP contribution in [-0.2, 0) is 0 Å². The van der Waals surface area contributed by atoms with Gasteiger partial charge >= 0.3 is 0 Å². The second kappa shape index (κ2) is 5.37.